The average molecular weight is 501 g/mol. The normalized spacial score (nSPS) is 44.9. The van der Waals surface area contributed by atoms with Crippen molar-refractivity contribution in [3.63, 3.8) is 0 Å². The van der Waals surface area contributed by atoms with Crippen molar-refractivity contribution < 1.29 is 32.2 Å². The van der Waals surface area contributed by atoms with Crippen LogP contribution in [0.25, 0.3) is 0 Å². The summed E-state index contributed by atoms with van der Waals surface area (Å²) in [6.07, 6.45) is 1.70. The quantitative estimate of drug-likeness (QED) is 0.387. The van der Waals surface area contributed by atoms with E-state index in [1.807, 2.05) is 6.92 Å². The molecule has 0 aromatic carbocycles. The predicted octanol–water partition coefficient (Wildman–Crippen LogP) is 7.10. The Hall–Kier alpha value is -1.27. The van der Waals surface area contributed by atoms with Crippen LogP contribution in [0.4, 0.5) is 13.2 Å². The summed E-state index contributed by atoms with van der Waals surface area (Å²) < 4.78 is 53.1. The number of carbonyl (C=O) groups is 2. The summed E-state index contributed by atoms with van der Waals surface area (Å²) in [4.78, 5) is 23.2. The lowest BCUT2D eigenvalue weighted by Gasteiger charge is -2.62. The third-order valence-corrected chi connectivity index (χ3v) is 11.4. The molecule has 10 atom stereocenters. The fourth-order valence-electron chi connectivity index (χ4n) is 9.51. The Morgan fingerprint density at radius 1 is 0.857 bits per heavy atom. The number of halogens is 3. The Morgan fingerprint density at radius 3 is 2.11 bits per heavy atom. The van der Waals surface area contributed by atoms with Crippen LogP contribution in [0.1, 0.15) is 99.3 Å². The largest absolute Gasteiger partial charge is 0.463 e. The number of ether oxygens (including phenoxy) is 2. The van der Waals surface area contributed by atoms with Crippen molar-refractivity contribution in [3.05, 3.63) is 0 Å². The van der Waals surface area contributed by atoms with Crippen LogP contribution in [-0.4, -0.2) is 29.8 Å². The lowest BCUT2D eigenvalue weighted by molar-refractivity contribution is -0.296. The smallest absolute Gasteiger partial charge is 0.428 e. The molecule has 0 N–H and O–H groups in total. The van der Waals surface area contributed by atoms with Gasteiger partial charge in [-0.3, -0.25) is 9.59 Å². The van der Waals surface area contributed by atoms with Gasteiger partial charge in [-0.1, -0.05) is 20.8 Å². The Balaban J connectivity index is 1.54. The fourth-order valence-corrected chi connectivity index (χ4v) is 9.51. The van der Waals surface area contributed by atoms with Crippen molar-refractivity contribution in [1.29, 1.82) is 0 Å². The van der Waals surface area contributed by atoms with Crippen LogP contribution < -0.4 is 0 Å². The molecule has 0 spiro atoms. The second kappa shape index (κ2) is 8.93. The monoisotopic (exact) mass is 500 g/mol. The first-order valence-corrected chi connectivity index (χ1v) is 13.6. The zero-order valence-electron chi connectivity index (χ0n) is 22.2. The van der Waals surface area contributed by atoms with Crippen LogP contribution in [0, 0.1) is 46.3 Å². The van der Waals surface area contributed by atoms with E-state index < -0.39 is 17.7 Å². The molecule has 0 bridgehead atoms. The zero-order chi connectivity index (χ0) is 26.0. The highest BCUT2D eigenvalue weighted by atomic mass is 19.4. The van der Waals surface area contributed by atoms with Crippen molar-refractivity contribution in [2.75, 3.05) is 0 Å². The second-order valence-corrected chi connectivity index (χ2v) is 12.8. The van der Waals surface area contributed by atoms with Gasteiger partial charge in [0.1, 0.15) is 6.10 Å². The van der Waals surface area contributed by atoms with Crippen LogP contribution in [-0.2, 0) is 19.1 Å². The molecule has 0 saturated heterocycles. The summed E-state index contributed by atoms with van der Waals surface area (Å²) in [5.41, 5.74) is -2.30. The van der Waals surface area contributed by atoms with E-state index in [0.717, 1.165) is 45.4 Å². The van der Waals surface area contributed by atoms with Gasteiger partial charge in [-0.15, -0.1) is 0 Å². The maximum atomic E-state index is 14.2. The third-order valence-electron chi connectivity index (χ3n) is 11.4. The van der Waals surface area contributed by atoms with Gasteiger partial charge in [-0.25, -0.2) is 0 Å². The molecule has 4 rings (SSSR count). The molecule has 0 aliphatic heterocycles. The van der Waals surface area contributed by atoms with Crippen LogP contribution in [0.2, 0.25) is 0 Å². The Labute approximate surface area is 208 Å². The van der Waals surface area contributed by atoms with E-state index in [1.54, 1.807) is 0 Å². The first-order chi connectivity index (χ1) is 16.1. The molecular formula is C28H43F3O4. The zero-order valence-corrected chi connectivity index (χ0v) is 22.2. The number of alkyl halides is 3. The van der Waals surface area contributed by atoms with Crippen LogP contribution in [0.5, 0.6) is 0 Å². The van der Waals surface area contributed by atoms with E-state index in [0.29, 0.717) is 30.1 Å². The summed E-state index contributed by atoms with van der Waals surface area (Å²) in [5.74, 6) is 1.12. The van der Waals surface area contributed by atoms with Gasteiger partial charge in [-0.05, 0) is 111 Å². The molecule has 200 valence electrons. The van der Waals surface area contributed by atoms with E-state index in [9.17, 15) is 22.8 Å². The number of carbonyl (C=O) groups excluding carboxylic acids is 2. The Bertz CT molecular complexity index is 843. The number of fused-ring (bicyclic) bond motifs is 5. The molecule has 0 aromatic heterocycles. The number of esters is 2. The molecule has 0 heterocycles. The molecule has 4 aliphatic carbocycles. The summed E-state index contributed by atoms with van der Waals surface area (Å²) in [6, 6.07) is 0. The molecule has 0 unspecified atom stereocenters. The lowest BCUT2D eigenvalue weighted by Crippen LogP contribution is -2.60. The van der Waals surface area contributed by atoms with Crippen LogP contribution in [0.3, 0.4) is 0 Å². The molecular weight excluding hydrogens is 457 g/mol. The first kappa shape index (κ1) is 26.8. The summed E-state index contributed by atoms with van der Waals surface area (Å²) in [5, 5.41) is 0. The summed E-state index contributed by atoms with van der Waals surface area (Å²) in [6.45, 7) is 11.4. The topological polar surface area (TPSA) is 52.6 Å². The number of hydrogen-bond acceptors (Lipinski definition) is 4. The molecule has 4 nitrogen and oxygen atoms in total. The van der Waals surface area contributed by atoms with Crippen LogP contribution >= 0.6 is 0 Å². The van der Waals surface area contributed by atoms with Gasteiger partial charge >= 0.3 is 18.1 Å². The molecule has 7 heteroatoms. The maximum Gasteiger partial charge on any atom is 0.428 e. The van der Waals surface area contributed by atoms with Crippen molar-refractivity contribution in [2.24, 2.45) is 46.3 Å². The molecule has 0 radical (unpaired) electrons. The molecule has 0 amide bonds. The summed E-state index contributed by atoms with van der Waals surface area (Å²) in [7, 11) is 0. The minimum Gasteiger partial charge on any atom is -0.463 e. The van der Waals surface area contributed by atoms with Crippen LogP contribution in [0.15, 0.2) is 0 Å². The van der Waals surface area contributed by atoms with E-state index in [1.165, 1.54) is 6.92 Å². The molecule has 4 fully saturated rings. The Morgan fingerprint density at radius 2 is 1.51 bits per heavy atom. The standard InChI is InChI=1S/C28H43F3O4/c1-16(17(2)34-18(3)32)22-9-10-23-21-8-7-20-15-27(28(29,30)31,35-19(4)33)14-13-25(20,5)24(21)11-12-26(22,23)6/h16-17,20-24H,7-15H2,1-6H3/t16-,17-,20-,21+,22-,23+,24+,25+,26-,27-/m1/s1. The van der Waals surface area contributed by atoms with E-state index in [4.69, 9.17) is 9.47 Å². The number of hydrogen-bond donors (Lipinski definition) is 0. The molecule has 35 heavy (non-hydrogen) atoms. The van der Waals surface area contributed by atoms with Crippen molar-refractivity contribution in [3.8, 4) is 0 Å². The first-order valence-electron chi connectivity index (χ1n) is 13.6. The second-order valence-electron chi connectivity index (χ2n) is 12.8. The van der Waals surface area contributed by atoms with Gasteiger partial charge < -0.3 is 9.47 Å². The van der Waals surface area contributed by atoms with Gasteiger partial charge in [0.25, 0.3) is 0 Å². The molecule has 4 aliphatic rings. The fraction of sp³-hybridized carbons (Fsp3) is 0.929. The van der Waals surface area contributed by atoms with Gasteiger partial charge in [0.05, 0.1) is 0 Å². The average Bonchev–Trinajstić information content (AvgIpc) is 3.09. The van der Waals surface area contributed by atoms with E-state index in [2.05, 4.69) is 20.8 Å². The third kappa shape index (κ3) is 4.31. The predicted molar refractivity (Wildman–Crippen MR) is 126 cm³/mol. The van der Waals surface area contributed by atoms with E-state index >= 15 is 0 Å². The van der Waals surface area contributed by atoms with Crippen molar-refractivity contribution in [1.82, 2.24) is 0 Å². The van der Waals surface area contributed by atoms with Gasteiger partial charge in [0.2, 0.25) is 5.60 Å². The Kier molecular flexibility index (Phi) is 6.84. The minimum absolute atomic E-state index is 0.0806. The molecule has 0 aromatic rings. The highest BCUT2D eigenvalue weighted by Gasteiger charge is 2.67. The SMILES string of the molecule is CC(=O)O[C@H](C)[C@@H](C)[C@H]1CC[C@H]2[C@@H]3CC[C@@H]4C[C@@](OC(C)=O)(C(F)(F)F)CC[C@]4(C)[C@H]3CC[C@]12C. The highest BCUT2D eigenvalue weighted by molar-refractivity contribution is 5.66. The maximum absolute atomic E-state index is 14.2. The lowest BCUT2D eigenvalue weighted by atomic mass is 9.43. The number of rotatable bonds is 4. The minimum atomic E-state index is -4.55. The van der Waals surface area contributed by atoms with E-state index in [-0.39, 0.29) is 47.6 Å². The van der Waals surface area contributed by atoms with Crippen molar-refractivity contribution in [2.45, 2.75) is 117 Å². The molecule has 4 saturated carbocycles. The van der Waals surface area contributed by atoms with Gasteiger partial charge in [0, 0.05) is 13.8 Å². The highest BCUT2D eigenvalue weighted by Crippen LogP contribution is 2.69. The van der Waals surface area contributed by atoms with Crippen molar-refractivity contribution >= 4 is 11.9 Å². The van der Waals surface area contributed by atoms with Gasteiger partial charge in [0.15, 0.2) is 0 Å². The summed E-state index contributed by atoms with van der Waals surface area (Å²) >= 11 is 0. The van der Waals surface area contributed by atoms with Gasteiger partial charge in [-0.2, -0.15) is 13.2 Å².